The van der Waals surface area contributed by atoms with Crippen LogP contribution in [0.1, 0.15) is 12.0 Å². The molecule has 1 atom stereocenters. The lowest BCUT2D eigenvalue weighted by atomic mass is 10.1. The molecule has 1 aliphatic rings. The van der Waals surface area contributed by atoms with Gasteiger partial charge in [-0.2, -0.15) is 0 Å². The third-order valence-electron chi connectivity index (χ3n) is 3.88. The van der Waals surface area contributed by atoms with E-state index in [1.54, 1.807) is 4.90 Å². The van der Waals surface area contributed by atoms with Crippen LogP contribution in [-0.2, 0) is 9.59 Å². The monoisotopic (exact) mass is 294 g/mol. The number of hydrogen-bond acceptors (Lipinski definition) is 2. The van der Waals surface area contributed by atoms with E-state index < -0.39 is 0 Å². The van der Waals surface area contributed by atoms with Gasteiger partial charge in [0.25, 0.3) is 0 Å². The summed E-state index contributed by atoms with van der Waals surface area (Å²) in [6.07, 6.45) is 0.256. The lowest BCUT2D eigenvalue weighted by Gasteiger charge is -2.17. The Hall–Kier alpha value is -2.62. The molecule has 0 aliphatic carbocycles. The molecule has 0 bridgehead atoms. The third kappa shape index (κ3) is 3.01. The van der Waals surface area contributed by atoms with Crippen LogP contribution >= 0.6 is 0 Å². The van der Waals surface area contributed by atoms with E-state index >= 15 is 0 Å². The molecule has 0 radical (unpaired) electrons. The summed E-state index contributed by atoms with van der Waals surface area (Å²) >= 11 is 0. The van der Waals surface area contributed by atoms with Gasteiger partial charge >= 0.3 is 0 Å². The summed E-state index contributed by atoms with van der Waals surface area (Å²) in [7, 11) is 0. The molecule has 1 saturated heterocycles. The van der Waals surface area contributed by atoms with Gasteiger partial charge in [-0.15, -0.1) is 0 Å². The fourth-order valence-electron chi connectivity index (χ4n) is 2.62. The van der Waals surface area contributed by atoms with E-state index in [0.717, 1.165) is 16.9 Å². The van der Waals surface area contributed by atoms with Gasteiger partial charge in [0, 0.05) is 24.3 Å². The molecule has 2 amide bonds. The summed E-state index contributed by atoms with van der Waals surface area (Å²) in [5.41, 5.74) is 2.76. The van der Waals surface area contributed by atoms with Gasteiger partial charge in [-0.1, -0.05) is 35.9 Å². The van der Waals surface area contributed by atoms with Crippen molar-refractivity contribution in [3.8, 4) is 0 Å². The van der Waals surface area contributed by atoms with Crippen LogP contribution in [0.5, 0.6) is 0 Å². The smallest absolute Gasteiger partial charge is 0.229 e. The molecule has 4 nitrogen and oxygen atoms in total. The number of benzene rings is 2. The van der Waals surface area contributed by atoms with Crippen LogP contribution in [0, 0.1) is 12.8 Å². The predicted molar refractivity (Wildman–Crippen MR) is 86.7 cm³/mol. The van der Waals surface area contributed by atoms with Gasteiger partial charge in [0.2, 0.25) is 11.8 Å². The first-order valence-electron chi connectivity index (χ1n) is 7.36. The Morgan fingerprint density at radius 1 is 1.09 bits per heavy atom. The molecular formula is C18H18N2O2. The highest BCUT2D eigenvalue weighted by molar-refractivity contribution is 6.03. The topological polar surface area (TPSA) is 49.4 Å². The maximum absolute atomic E-state index is 12.3. The first-order chi connectivity index (χ1) is 10.6. The average molecular weight is 294 g/mol. The fourth-order valence-corrected chi connectivity index (χ4v) is 2.62. The van der Waals surface area contributed by atoms with Gasteiger partial charge in [-0.05, 0) is 31.2 Å². The molecule has 112 valence electrons. The van der Waals surface area contributed by atoms with Gasteiger partial charge in [-0.25, -0.2) is 0 Å². The lowest BCUT2D eigenvalue weighted by Crippen LogP contribution is -2.28. The molecule has 2 aromatic carbocycles. The van der Waals surface area contributed by atoms with Crippen molar-refractivity contribution >= 4 is 23.2 Å². The summed E-state index contributed by atoms with van der Waals surface area (Å²) in [4.78, 5) is 26.2. The van der Waals surface area contributed by atoms with Gasteiger partial charge in [0.05, 0.1) is 5.92 Å². The zero-order valence-corrected chi connectivity index (χ0v) is 12.5. The van der Waals surface area contributed by atoms with Crippen LogP contribution in [0.4, 0.5) is 11.4 Å². The molecule has 0 unspecified atom stereocenters. The maximum Gasteiger partial charge on any atom is 0.229 e. The number of hydrogen-bond donors (Lipinski definition) is 1. The lowest BCUT2D eigenvalue weighted by molar-refractivity contribution is -0.122. The number of rotatable bonds is 3. The Morgan fingerprint density at radius 3 is 2.45 bits per heavy atom. The zero-order valence-electron chi connectivity index (χ0n) is 12.5. The number of carbonyl (C=O) groups excluding carboxylic acids is 2. The molecule has 4 heteroatoms. The summed E-state index contributed by atoms with van der Waals surface area (Å²) in [6.45, 7) is 2.44. The molecule has 0 aromatic heterocycles. The van der Waals surface area contributed by atoms with Crippen LogP contribution in [0.15, 0.2) is 54.6 Å². The number of anilines is 2. The van der Waals surface area contributed by atoms with Crippen molar-refractivity contribution in [1.29, 1.82) is 0 Å². The van der Waals surface area contributed by atoms with Crippen molar-refractivity contribution in [2.24, 2.45) is 5.92 Å². The van der Waals surface area contributed by atoms with Gasteiger partial charge in [-0.3, -0.25) is 9.59 Å². The Kier molecular flexibility index (Phi) is 3.92. The molecule has 3 rings (SSSR count). The van der Waals surface area contributed by atoms with Crippen LogP contribution < -0.4 is 10.2 Å². The van der Waals surface area contributed by atoms with Crippen LogP contribution in [0.2, 0.25) is 0 Å². The Morgan fingerprint density at radius 2 is 1.77 bits per heavy atom. The number of aryl methyl sites for hydroxylation is 1. The molecule has 1 fully saturated rings. The van der Waals surface area contributed by atoms with E-state index in [4.69, 9.17) is 0 Å². The molecule has 22 heavy (non-hydrogen) atoms. The highest BCUT2D eigenvalue weighted by Crippen LogP contribution is 2.26. The highest BCUT2D eigenvalue weighted by atomic mass is 16.2. The highest BCUT2D eigenvalue weighted by Gasteiger charge is 2.35. The number of nitrogens with one attached hydrogen (secondary N) is 1. The third-order valence-corrected chi connectivity index (χ3v) is 3.88. The summed E-state index contributed by atoms with van der Waals surface area (Å²) in [5.74, 6) is -0.416. The van der Waals surface area contributed by atoms with Gasteiger partial charge in [0.1, 0.15) is 0 Å². The standard InChI is InChI=1S/C18H18N2O2/c1-13-7-9-16(10-8-13)20-12-14(11-17(20)21)18(22)19-15-5-3-2-4-6-15/h2-10,14H,11-12H2,1H3,(H,19,22)/t14-/m1/s1. The van der Waals surface area contributed by atoms with E-state index in [-0.39, 0.29) is 24.2 Å². The normalized spacial score (nSPS) is 17.6. The zero-order chi connectivity index (χ0) is 15.5. The average Bonchev–Trinajstić information content (AvgIpc) is 2.91. The Bertz CT molecular complexity index is 680. The maximum atomic E-state index is 12.3. The van der Waals surface area contributed by atoms with Crippen molar-refractivity contribution in [2.45, 2.75) is 13.3 Å². The SMILES string of the molecule is Cc1ccc(N2C[C@H](C(=O)Nc3ccccc3)CC2=O)cc1. The van der Waals surface area contributed by atoms with Crippen molar-refractivity contribution in [2.75, 3.05) is 16.8 Å². The van der Waals surface area contributed by atoms with Crippen molar-refractivity contribution < 1.29 is 9.59 Å². The van der Waals surface area contributed by atoms with E-state index in [1.165, 1.54) is 0 Å². The fraction of sp³-hybridized carbons (Fsp3) is 0.222. The molecule has 0 saturated carbocycles. The number of carbonyl (C=O) groups is 2. The molecular weight excluding hydrogens is 276 g/mol. The van der Waals surface area contributed by atoms with Crippen molar-refractivity contribution in [3.05, 3.63) is 60.2 Å². The van der Waals surface area contributed by atoms with Crippen molar-refractivity contribution in [1.82, 2.24) is 0 Å². The predicted octanol–water partition coefficient (Wildman–Crippen LogP) is 2.99. The minimum absolute atomic E-state index is 0.00272. The van der Waals surface area contributed by atoms with E-state index in [9.17, 15) is 9.59 Å². The number of para-hydroxylation sites is 1. The van der Waals surface area contributed by atoms with Crippen LogP contribution in [0.3, 0.4) is 0 Å². The molecule has 1 N–H and O–H groups in total. The summed E-state index contributed by atoms with van der Waals surface area (Å²) in [6, 6.07) is 17.1. The molecule has 2 aromatic rings. The second kappa shape index (κ2) is 6.02. The molecule has 1 heterocycles. The second-order valence-electron chi connectivity index (χ2n) is 5.60. The van der Waals surface area contributed by atoms with E-state index in [2.05, 4.69) is 5.32 Å². The van der Waals surface area contributed by atoms with Gasteiger partial charge in [0.15, 0.2) is 0 Å². The second-order valence-corrected chi connectivity index (χ2v) is 5.60. The van der Waals surface area contributed by atoms with Crippen LogP contribution in [0.25, 0.3) is 0 Å². The largest absolute Gasteiger partial charge is 0.326 e. The minimum Gasteiger partial charge on any atom is -0.326 e. The minimum atomic E-state index is -0.311. The van der Waals surface area contributed by atoms with Crippen LogP contribution in [-0.4, -0.2) is 18.4 Å². The molecule has 1 aliphatic heterocycles. The quantitative estimate of drug-likeness (QED) is 0.946. The number of nitrogens with zero attached hydrogens (tertiary/aromatic N) is 1. The summed E-state index contributed by atoms with van der Waals surface area (Å²) < 4.78 is 0. The Labute approximate surface area is 129 Å². The first kappa shape index (κ1) is 14.3. The number of amides is 2. The van der Waals surface area contributed by atoms with E-state index in [0.29, 0.717) is 6.54 Å². The van der Waals surface area contributed by atoms with Crippen molar-refractivity contribution in [3.63, 3.8) is 0 Å². The Balaban J connectivity index is 1.69. The first-order valence-corrected chi connectivity index (χ1v) is 7.36. The van der Waals surface area contributed by atoms with Gasteiger partial charge < -0.3 is 10.2 Å². The molecule has 0 spiro atoms. The van der Waals surface area contributed by atoms with E-state index in [1.807, 2.05) is 61.5 Å². The summed E-state index contributed by atoms with van der Waals surface area (Å²) in [5, 5.41) is 2.87.